The molecule has 10 aromatic rings. The molecule has 0 aromatic heterocycles. The second-order valence-corrected chi connectivity index (χ2v) is 48.5. The van der Waals surface area contributed by atoms with Gasteiger partial charge in [0.2, 0.25) is 0 Å². The van der Waals surface area contributed by atoms with E-state index in [0.717, 1.165) is 108 Å². The van der Waals surface area contributed by atoms with E-state index in [9.17, 15) is 22.4 Å². The lowest BCUT2D eigenvalue weighted by atomic mass is 9.87. The third kappa shape index (κ3) is 55.4. The van der Waals surface area contributed by atoms with Crippen LogP contribution >= 0.6 is 34.8 Å². The molecule has 0 spiro atoms. The predicted octanol–water partition coefficient (Wildman–Crippen LogP) is 34.4. The normalized spacial score (nSPS) is 13.8. The summed E-state index contributed by atoms with van der Waals surface area (Å²) in [7, 11) is 4.10. The van der Waals surface area contributed by atoms with Crippen LogP contribution in [0.25, 0.3) is 0 Å². The number of alkyl halides is 3. The Hall–Kier alpha value is -9.70. The molecule has 143 heavy (non-hydrogen) atoms. The summed E-state index contributed by atoms with van der Waals surface area (Å²) in [6, 6.07) is 78.1. The van der Waals surface area contributed by atoms with Gasteiger partial charge in [-0.05, 0) is 266 Å². The van der Waals surface area contributed by atoms with Crippen LogP contribution in [0.5, 0.6) is 34.5 Å². The molecule has 2 heterocycles. The van der Waals surface area contributed by atoms with Crippen molar-refractivity contribution >= 4 is 40.9 Å². The summed E-state index contributed by atoms with van der Waals surface area (Å²) in [6.45, 7) is 76.4. The van der Waals surface area contributed by atoms with Crippen LogP contribution in [0.2, 0.25) is 15.1 Å². The number of rotatable bonds is 16. The zero-order chi connectivity index (χ0) is 108. The van der Waals surface area contributed by atoms with Crippen LogP contribution in [0, 0.1) is 18.2 Å². The van der Waals surface area contributed by atoms with Gasteiger partial charge in [-0.25, -0.2) is 9.18 Å². The Balaban J connectivity index is 0.000000411. The van der Waals surface area contributed by atoms with Gasteiger partial charge in [0.15, 0.2) is 0 Å². The first kappa shape index (κ1) is 127. The van der Waals surface area contributed by atoms with E-state index in [-0.39, 0.29) is 84.0 Å². The summed E-state index contributed by atoms with van der Waals surface area (Å²) in [5, 5.41) is 5.20. The largest absolute Gasteiger partial charge is 0.573 e. The fourth-order valence-corrected chi connectivity index (χ4v) is 13.9. The highest BCUT2D eigenvalue weighted by molar-refractivity contribution is 6.31. The van der Waals surface area contributed by atoms with E-state index in [0.29, 0.717) is 19.8 Å². The summed E-state index contributed by atoms with van der Waals surface area (Å²) in [5.74, 6) is 6.68. The van der Waals surface area contributed by atoms with E-state index in [1.165, 1.54) is 74.3 Å². The van der Waals surface area contributed by atoms with Crippen LogP contribution in [0.4, 0.5) is 22.4 Å². The van der Waals surface area contributed by atoms with Gasteiger partial charge in [-0.1, -0.05) is 376 Å². The van der Waals surface area contributed by atoms with Gasteiger partial charge in [-0.2, -0.15) is 0 Å². The number of hydrogen-bond acceptors (Lipinski definition) is 11. The summed E-state index contributed by atoms with van der Waals surface area (Å²) in [5.41, 5.74) is 13.2. The standard InChI is InChI=1S/C18H29NO3.C14H23NO.2C14H20O2.C13H16O.C11H13F3O.3C10H13Cl.C10H13F/c1-17(2,3)14-9-7-10-15(13-14)21-12-8-11-19-16(20)22-18(4,5)6;1-14(2,3)12-7-6-8-13(11-12)16-10-9-15(4)5;2*1-14(2,3)11-4-6-12(7-5-11)16-13-8-9-15-10-13;1-5-9-14-12-8-6-7-11(10-12)13(2,3)4;1-10(2,3)8-5-4-6-9(7-8)15-11(12,13)14;1-10(2,3)8-4-6-9(11)7-5-8;1-10(2,3)8-5-4-6-9(11)7-8;1-10(2,3)8-6-4-5-7-9(8)11;1-10(2,3)8-4-6-9(11)7-5-8/h7,9-10,13H,8,11-12H2,1-6H3,(H,19,20);6-8,11H,9-10H2,1-5H3;2*4-7,13H,8-10H2,1-3H3;1,6-8,10H,9H2,2-4H3;4-7H,1-3H3;4*4-7H,1-3H3. The first-order valence-corrected chi connectivity index (χ1v) is 50.8. The smallest absolute Gasteiger partial charge is 0.494 e. The predicted molar refractivity (Wildman–Crippen MR) is 596 cm³/mol. The van der Waals surface area contributed by atoms with Crippen LogP contribution in [0.15, 0.2) is 243 Å². The highest BCUT2D eigenvalue weighted by Gasteiger charge is 2.32. The third-order valence-electron chi connectivity index (χ3n) is 22.0. The molecule has 10 aromatic carbocycles. The monoisotopic (exact) mass is 2030 g/mol. The lowest BCUT2D eigenvalue weighted by Crippen LogP contribution is -2.33. The van der Waals surface area contributed by atoms with Crippen LogP contribution in [0.1, 0.15) is 303 Å². The number of nitrogens with zero attached hydrogens (tertiary/aromatic N) is 1. The molecule has 0 bridgehead atoms. The number of amides is 1. The van der Waals surface area contributed by atoms with Crippen LogP contribution in [0.3, 0.4) is 0 Å². The molecular formula is C124H173Cl3F4N2O10. The maximum absolute atomic E-state index is 12.5. The van der Waals surface area contributed by atoms with E-state index in [1.807, 2.05) is 139 Å². The molecule has 0 saturated carbocycles. The molecular weight excluding hydrogens is 1860 g/mol. The van der Waals surface area contributed by atoms with Crippen molar-refractivity contribution < 1.29 is 65.0 Å². The Morgan fingerprint density at radius 3 is 1.01 bits per heavy atom. The molecule has 2 unspecified atom stereocenters. The van der Waals surface area contributed by atoms with Gasteiger partial charge < -0.3 is 52.8 Å². The quantitative estimate of drug-likeness (QED) is 0.0566. The Labute approximate surface area is 875 Å². The van der Waals surface area contributed by atoms with Gasteiger partial charge in [0.1, 0.15) is 71.3 Å². The highest BCUT2D eigenvalue weighted by Crippen LogP contribution is 2.36. The summed E-state index contributed by atoms with van der Waals surface area (Å²) < 4.78 is 96.3. The van der Waals surface area contributed by atoms with Crippen molar-refractivity contribution in [1.29, 1.82) is 0 Å². The zero-order valence-corrected chi connectivity index (χ0v) is 95.3. The Morgan fingerprint density at radius 1 is 0.378 bits per heavy atom. The van der Waals surface area contributed by atoms with Gasteiger partial charge in [0, 0.05) is 41.0 Å². The molecule has 19 heteroatoms. The first-order valence-electron chi connectivity index (χ1n) is 49.7. The molecule has 12 nitrogen and oxygen atoms in total. The van der Waals surface area contributed by atoms with Crippen molar-refractivity contribution in [2.75, 3.05) is 73.4 Å². The number of ether oxygens (including phenoxy) is 9. The maximum atomic E-state index is 12.5. The van der Waals surface area contributed by atoms with Crippen LogP contribution in [-0.2, 0) is 68.4 Å². The average molecular weight is 2030 g/mol. The lowest BCUT2D eigenvalue weighted by Gasteiger charge is -2.20. The third-order valence-corrected chi connectivity index (χ3v) is 22.9. The molecule has 2 aliphatic rings. The van der Waals surface area contributed by atoms with Crippen molar-refractivity contribution in [2.24, 2.45) is 0 Å². The van der Waals surface area contributed by atoms with E-state index in [2.05, 4.69) is 331 Å². The van der Waals surface area contributed by atoms with Gasteiger partial charge in [0.25, 0.3) is 0 Å². The minimum absolute atomic E-state index is 0.109. The molecule has 788 valence electrons. The molecule has 2 fully saturated rings. The number of carbonyl (C=O) groups is 1. The van der Waals surface area contributed by atoms with E-state index < -0.39 is 12.0 Å². The van der Waals surface area contributed by atoms with Crippen LogP contribution in [-0.4, -0.2) is 109 Å². The van der Waals surface area contributed by atoms with Crippen molar-refractivity contribution in [3.8, 4) is 46.8 Å². The number of nitrogens with one attached hydrogen (secondary N) is 1. The minimum Gasteiger partial charge on any atom is -0.494 e. The fraction of sp³-hybridized carbons (Fsp3) is 0.492. The maximum Gasteiger partial charge on any atom is 0.573 e. The fourth-order valence-electron chi connectivity index (χ4n) is 13.1. The first-order chi connectivity index (χ1) is 65.8. The number of terminal acetylenes is 1. The van der Waals surface area contributed by atoms with Gasteiger partial charge in [-0.15, -0.1) is 19.6 Å². The number of benzene rings is 10. The second-order valence-electron chi connectivity index (χ2n) is 47.2. The lowest BCUT2D eigenvalue weighted by molar-refractivity contribution is -0.274. The van der Waals surface area contributed by atoms with Crippen molar-refractivity contribution in [1.82, 2.24) is 10.2 Å². The Bertz CT molecular complexity index is 5190. The SMILES string of the molecule is C#CCOc1cccc(C(C)(C)C)c1.CC(C)(C)OC(=O)NCCCOc1cccc(C(C)(C)C)c1.CC(C)(C)c1ccc(Cl)cc1.CC(C)(C)c1ccc(F)cc1.CC(C)(C)c1ccc(OC2CCOC2)cc1.CC(C)(C)c1ccc(OC2CCOC2)cc1.CC(C)(C)c1cccc(Cl)c1.CC(C)(C)c1cccc(OC(F)(F)F)c1.CC(C)(C)c1ccccc1Cl.CN(C)CCOc1cccc(C(C)(C)C)c1. The van der Waals surface area contributed by atoms with Crippen molar-refractivity contribution in [2.45, 2.75) is 326 Å². The topological polar surface area (TPSA) is 115 Å². The molecule has 2 atom stereocenters. The minimum atomic E-state index is -4.63. The molecule has 12 rings (SSSR count). The molecule has 2 saturated heterocycles. The van der Waals surface area contributed by atoms with Gasteiger partial charge >= 0.3 is 12.5 Å². The highest BCUT2D eigenvalue weighted by atomic mass is 35.5. The molecule has 2 aliphatic heterocycles. The van der Waals surface area contributed by atoms with E-state index in [4.69, 9.17) is 79.1 Å². The zero-order valence-electron chi connectivity index (χ0n) is 93.0. The summed E-state index contributed by atoms with van der Waals surface area (Å²) in [4.78, 5) is 13.6. The Kier molecular flexibility index (Phi) is 52.2. The van der Waals surface area contributed by atoms with Crippen LogP contribution < -0.4 is 33.7 Å². The summed E-state index contributed by atoms with van der Waals surface area (Å²) in [6.07, 6.45) is 3.32. The average Bonchev–Trinajstić information content (AvgIpc) is 1.81. The van der Waals surface area contributed by atoms with Gasteiger partial charge in [-0.3, -0.25) is 0 Å². The number of hydrogen-bond donors (Lipinski definition) is 1. The number of alkyl carbamates (subject to hydrolysis) is 1. The molecule has 0 aliphatic carbocycles. The Morgan fingerprint density at radius 2 is 0.706 bits per heavy atom. The van der Waals surface area contributed by atoms with Gasteiger partial charge in [0.05, 0.1) is 33.0 Å². The van der Waals surface area contributed by atoms with Crippen molar-refractivity contribution in [3.63, 3.8) is 0 Å². The molecule has 1 N–H and O–H groups in total. The molecule has 1 amide bonds. The number of carbonyl (C=O) groups excluding carboxylic acids is 1. The van der Waals surface area contributed by atoms with E-state index in [1.54, 1.807) is 12.1 Å². The number of halogens is 7. The summed E-state index contributed by atoms with van der Waals surface area (Å²) >= 11 is 17.6. The van der Waals surface area contributed by atoms with E-state index >= 15 is 0 Å². The molecule has 0 radical (unpaired) electrons. The number of likely N-dealkylation sites (N-methyl/N-ethyl adjacent to an activating group) is 1. The van der Waals surface area contributed by atoms with Crippen molar-refractivity contribution in [3.05, 3.63) is 319 Å². The second kappa shape index (κ2) is 58.6.